The molecule has 16 rings (SSSR count). The van der Waals surface area contributed by atoms with Crippen LogP contribution in [0.2, 0.25) is 0 Å². The summed E-state index contributed by atoms with van der Waals surface area (Å²) in [5, 5.41) is 8.62. The van der Waals surface area contributed by atoms with Crippen molar-refractivity contribution in [1.82, 2.24) is 14.1 Å². The molecule has 1 unspecified atom stereocenters. The van der Waals surface area contributed by atoms with E-state index in [1.165, 1.54) is 104 Å². The molecule has 0 amide bonds. The summed E-state index contributed by atoms with van der Waals surface area (Å²) in [6.07, 6.45) is 6.83. The number of fused-ring (bicyclic) bond motifs is 19. The van der Waals surface area contributed by atoms with Gasteiger partial charge in [-0.05, 0) is 122 Å². The highest BCUT2D eigenvalue weighted by Crippen LogP contribution is 2.65. The maximum absolute atomic E-state index is 5.65. The maximum atomic E-state index is 5.65. The first-order valence-corrected chi connectivity index (χ1v) is 24.9. The van der Waals surface area contributed by atoms with E-state index in [4.69, 9.17) is 4.98 Å². The van der Waals surface area contributed by atoms with Gasteiger partial charge in [0.2, 0.25) is 0 Å². The van der Waals surface area contributed by atoms with E-state index in [1.54, 1.807) is 0 Å². The van der Waals surface area contributed by atoms with E-state index >= 15 is 0 Å². The van der Waals surface area contributed by atoms with Gasteiger partial charge in [0.25, 0.3) is 0 Å². The molecule has 71 heavy (non-hydrogen) atoms. The fraction of sp³-hybridized carbons (Fsp3) is 0.0441. The Balaban J connectivity index is 0.936. The van der Waals surface area contributed by atoms with Crippen LogP contribution in [0.15, 0.2) is 242 Å². The van der Waals surface area contributed by atoms with Gasteiger partial charge in [-0.2, -0.15) is 0 Å². The minimum absolute atomic E-state index is 0.362. The van der Waals surface area contributed by atoms with Gasteiger partial charge in [0, 0.05) is 49.3 Å². The number of hydrogen-bond donors (Lipinski definition) is 0. The molecule has 0 saturated carbocycles. The first kappa shape index (κ1) is 38.9. The molecule has 3 nitrogen and oxygen atoms in total. The summed E-state index contributed by atoms with van der Waals surface area (Å²) in [6, 6.07) is 83.5. The molecule has 3 heterocycles. The van der Waals surface area contributed by atoms with Crippen molar-refractivity contribution in [3.8, 4) is 44.9 Å². The van der Waals surface area contributed by atoms with Crippen LogP contribution in [0, 0.1) is 0 Å². The monoisotopic (exact) mass is 901 g/mol. The van der Waals surface area contributed by atoms with Crippen LogP contribution < -0.4 is 0 Å². The predicted molar refractivity (Wildman–Crippen MR) is 296 cm³/mol. The molecule has 3 aliphatic carbocycles. The molecule has 3 heteroatoms. The minimum atomic E-state index is -0.362. The molecule has 1 spiro atoms. The normalized spacial score (nSPS) is 15.7. The lowest BCUT2D eigenvalue weighted by atomic mass is 9.68. The number of aromatic nitrogens is 3. The Bertz CT molecular complexity index is 4280. The van der Waals surface area contributed by atoms with E-state index in [1.807, 2.05) is 0 Å². The van der Waals surface area contributed by atoms with Crippen molar-refractivity contribution in [1.29, 1.82) is 0 Å². The number of allylic oxidation sites excluding steroid dienone is 4. The zero-order valence-electron chi connectivity index (χ0n) is 38.8. The first-order valence-electron chi connectivity index (χ1n) is 24.9. The third-order valence-corrected chi connectivity index (χ3v) is 16.2. The van der Waals surface area contributed by atoms with Crippen LogP contribution in [-0.2, 0) is 5.41 Å². The van der Waals surface area contributed by atoms with Gasteiger partial charge >= 0.3 is 0 Å². The lowest BCUT2D eigenvalue weighted by Crippen LogP contribution is -2.27. The van der Waals surface area contributed by atoms with Crippen molar-refractivity contribution >= 4 is 70.9 Å². The summed E-state index contributed by atoms with van der Waals surface area (Å²) in [4.78, 5) is 5.65. The quantitative estimate of drug-likeness (QED) is 0.161. The van der Waals surface area contributed by atoms with Gasteiger partial charge in [-0.25, -0.2) is 4.98 Å². The van der Waals surface area contributed by atoms with Gasteiger partial charge in [0.15, 0.2) is 0 Å². The summed E-state index contributed by atoms with van der Waals surface area (Å²) >= 11 is 0. The fourth-order valence-electron chi connectivity index (χ4n) is 13.4. The minimum Gasteiger partial charge on any atom is -0.309 e. The number of benzene rings is 10. The van der Waals surface area contributed by atoms with Gasteiger partial charge in [0.1, 0.15) is 0 Å². The maximum Gasteiger partial charge on any atom is 0.0794 e. The molecule has 10 aromatic carbocycles. The van der Waals surface area contributed by atoms with Crippen molar-refractivity contribution in [2.45, 2.75) is 18.3 Å². The highest BCUT2D eigenvalue weighted by Gasteiger charge is 2.53. The van der Waals surface area contributed by atoms with Crippen LogP contribution in [0.3, 0.4) is 0 Å². The van der Waals surface area contributed by atoms with E-state index in [-0.39, 0.29) is 5.41 Å². The lowest BCUT2D eigenvalue weighted by Gasteiger charge is -2.33. The molecule has 0 radical (unpaired) electrons. The highest BCUT2D eigenvalue weighted by atomic mass is 15.0. The standard InChI is InChI=1S/C68H43N3/c1-9-25-56-47(17-1)48-18-2-10-26-57(48)68(56)58-27-11-3-24-55(58)65-59(68)38-37-54-49-19-4-12-28-60(49)69-67(66(54)65)43-35-33-42(34-36-43)44-39-45(70-61-29-13-5-20-50(61)51-21-6-14-30-62(51)70)41-46(40-44)71-63-31-15-7-22-52(63)53-23-8-16-32-64(53)71/h1-9,11-25,27-41H,10,26H2. The molecule has 330 valence electrons. The Morgan fingerprint density at radius 3 is 1.52 bits per heavy atom. The second-order valence-electron chi connectivity index (χ2n) is 19.6. The van der Waals surface area contributed by atoms with E-state index in [0.717, 1.165) is 52.1 Å². The number of para-hydroxylation sites is 5. The van der Waals surface area contributed by atoms with Gasteiger partial charge in [0.05, 0.1) is 38.7 Å². The Hall–Kier alpha value is -9.05. The third kappa shape index (κ3) is 5.19. The number of pyridine rings is 1. The number of hydrogen-bond acceptors (Lipinski definition) is 1. The fourth-order valence-corrected chi connectivity index (χ4v) is 13.4. The van der Waals surface area contributed by atoms with Crippen molar-refractivity contribution in [3.05, 3.63) is 264 Å². The van der Waals surface area contributed by atoms with Crippen molar-refractivity contribution in [2.75, 3.05) is 0 Å². The molecule has 0 aliphatic heterocycles. The summed E-state index contributed by atoms with van der Waals surface area (Å²) < 4.78 is 4.89. The lowest BCUT2D eigenvalue weighted by molar-refractivity contribution is 0.714. The van der Waals surface area contributed by atoms with E-state index in [9.17, 15) is 0 Å². The molecular weight excluding hydrogens is 859 g/mol. The summed E-state index contributed by atoms with van der Waals surface area (Å²) in [6.45, 7) is 0. The zero-order chi connectivity index (χ0) is 46.4. The van der Waals surface area contributed by atoms with E-state index in [2.05, 4.69) is 246 Å². The Labute approximate surface area is 410 Å². The molecule has 0 saturated heterocycles. The van der Waals surface area contributed by atoms with E-state index < -0.39 is 0 Å². The first-order chi connectivity index (χ1) is 35.2. The van der Waals surface area contributed by atoms with Crippen LogP contribution in [0.5, 0.6) is 0 Å². The Morgan fingerprint density at radius 1 is 0.394 bits per heavy atom. The summed E-state index contributed by atoms with van der Waals surface area (Å²) in [7, 11) is 0. The van der Waals surface area contributed by atoms with Crippen LogP contribution in [-0.4, -0.2) is 14.1 Å². The van der Waals surface area contributed by atoms with Crippen molar-refractivity contribution < 1.29 is 0 Å². The molecule has 0 N–H and O–H groups in total. The molecule has 1 atom stereocenters. The SMILES string of the molecule is C1=CC2=C(CC1)C1(c3ccccc32)c2ccccc2-c2c1ccc1c2c(-c2ccc(-c3cc(-n4c5ccccc5c5ccccc54)cc(-n4c5ccccc5c5ccccc54)c3)cc2)nc2ccccc21. The number of nitrogens with zero attached hydrogens (tertiary/aromatic N) is 3. The van der Waals surface area contributed by atoms with Crippen LogP contribution in [0.4, 0.5) is 0 Å². The van der Waals surface area contributed by atoms with E-state index in [0.29, 0.717) is 0 Å². The van der Waals surface area contributed by atoms with Crippen LogP contribution >= 0.6 is 0 Å². The average Bonchev–Trinajstić information content (AvgIpc) is 4.15. The summed E-state index contributed by atoms with van der Waals surface area (Å²) in [5.74, 6) is 0. The molecule has 3 aromatic heterocycles. The van der Waals surface area contributed by atoms with Gasteiger partial charge in [-0.15, -0.1) is 0 Å². The van der Waals surface area contributed by atoms with Crippen molar-refractivity contribution in [3.63, 3.8) is 0 Å². The smallest absolute Gasteiger partial charge is 0.0794 e. The molecule has 0 bridgehead atoms. The molecule has 13 aromatic rings. The highest BCUT2D eigenvalue weighted by molar-refractivity contribution is 6.19. The number of rotatable bonds is 4. The van der Waals surface area contributed by atoms with Crippen LogP contribution in [0.25, 0.3) is 116 Å². The largest absolute Gasteiger partial charge is 0.309 e. The van der Waals surface area contributed by atoms with Gasteiger partial charge < -0.3 is 9.13 Å². The van der Waals surface area contributed by atoms with Gasteiger partial charge in [-0.3, -0.25) is 0 Å². The Kier molecular flexibility index (Phi) is 7.93. The predicted octanol–water partition coefficient (Wildman–Crippen LogP) is 17.3. The Morgan fingerprint density at radius 2 is 0.901 bits per heavy atom. The topological polar surface area (TPSA) is 22.8 Å². The second-order valence-corrected chi connectivity index (χ2v) is 19.6. The second kappa shape index (κ2) is 14.5. The third-order valence-electron chi connectivity index (χ3n) is 16.2. The average molecular weight is 902 g/mol. The molecule has 0 fully saturated rings. The molecule has 3 aliphatic rings. The summed E-state index contributed by atoms with van der Waals surface area (Å²) in [5.41, 5.74) is 23.1. The van der Waals surface area contributed by atoms with Crippen LogP contribution in [0.1, 0.15) is 35.1 Å². The van der Waals surface area contributed by atoms with Crippen molar-refractivity contribution in [2.24, 2.45) is 0 Å². The van der Waals surface area contributed by atoms with Gasteiger partial charge in [-0.1, -0.05) is 188 Å². The zero-order valence-corrected chi connectivity index (χ0v) is 38.8. The molecular formula is C68H43N3.